The van der Waals surface area contributed by atoms with E-state index in [0.717, 1.165) is 23.6 Å². The maximum atomic E-state index is 12.3. The molecule has 1 amide bonds. The van der Waals surface area contributed by atoms with Gasteiger partial charge in [-0.25, -0.2) is 17.5 Å². The Kier molecular flexibility index (Phi) is 7.00. The van der Waals surface area contributed by atoms with Gasteiger partial charge < -0.3 is 10.1 Å². The number of nitrogens with zero attached hydrogens (tertiary/aromatic N) is 1. The van der Waals surface area contributed by atoms with Crippen LogP contribution >= 0.6 is 0 Å². The molecular formula is C19H28N2O5S. The number of rotatable bonds is 6. The summed E-state index contributed by atoms with van der Waals surface area (Å²) in [5.74, 6) is -0.561. The first kappa shape index (κ1) is 21.4. The molecule has 1 N–H and O–H groups in total. The van der Waals surface area contributed by atoms with Crippen molar-refractivity contribution in [1.29, 1.82) is 0 Å². The minimum Gasteiger partial charge on any atom is -0.449 e. The van der Waals surface area contributed by atoms with E-state index in [9.17, 15) is 18.0 Å². The molecule has 1 aliphatic rings. The van der Waals surface area contributed by atoms with Crippen molar-refractivity contribution in [3.05, 3.63) is 29.8 Å². The van der Waals surface area contributed by atoms with Crippen molar-refractivity contribution < 1.29 is 22.7 Å². The molecule has 0 heterocycles. The summed E-state index contributed by atoms with van der Waals surface area (Å²) in [5, 5.41) is 2.97. The van der Waals surface area contributed by atoms with Gasteiger partial charge in [0.1, 0.15) is 0 Å². The summed E-state index contributed by atoms with van der Waals surface area (Å²) < 4.78 is 30.4. The summed E-state index contributed by atoms with van der Waals surface area (Å²) in [6, 6.07) is 5.57. The minimum absolute atomic E-state index is 0.0844. The van der Waals surface area contributed by atoms with Crippen LogP contribution in [0, 0.1) is 5.92 Å². The smallest absolute Gasteiger partial charge is 0.338 e. The van der Waals surface area contributed by atoms with Crippen molar-refractivity contribution in [2.45, 2.75) is 56.6 Å². The van der Waals surface area contributed by atoms with Crippen LogP contribution in [-0.2, 0) is 19.6 Å². The van der Waals surface area contributed by atoms with E-state index < -0.39 is 22.1 Å². The fraction of sp³-hybridized carbons (Fsp3) is 0.579. The third kappa shape index (κ3) is 5.29. The van der Waals surface area contributed by atoms with Crippen molar-refractivity contribution in [1.82, 2.24) is 9.62 Å². The highest BCUT2D eigenvalue weighted by Crippen LogP contribution is 2.24. The molecule has 3 atom stereocenters. The van der Waals surface area contributed by atoms with Crippen LogP contribution in [0.3, 0.4) is 0 Å². The van der Waals surface area contributed by atoms with E-state index in [2.05, 4.69) is 12.2 Å². The van der Waals surface area contributed by atoms with Gasteiger partial charge in [0, 0.05) is 20.1 Å². The molecule has 150 valence electrons. The van der Waals surface area contributed by atoms with Crippen molar-refractivity contribution >= 4 is 21.9 Å². The van der Waals surface area contributed by atoms with Gasteiger partial charge in [0.15, 0.2) is 6.10 Å². The van der Waals surface area contributed by atoms with Gasteiger partial charge in [0.25, 0.3) is 5.91 Å². The lowest BCUT2D eigenvalue weighted by Gasteiger charge is -2.30. The lowest BCUT2D eigenvalue weighted by Crippen LogP contribution is -2.45. The zero-order valence-electron chi connectivity index (χ0n) is 16.3. The van der Waals surface area contributed by atoms with E-state index in [1.807, 2.05) is 0 Å². The quantitative estimate of drug-likeness (QED) is 0.744. The van der Waals surface area contributed by atoms with Crippen LogP contribution in [-0.4, -0.2) is 50.8 Å². The molecule has 1 aromatic rings. The number of carbonyl (C=O) groups is 2. The van der Waals surface area contributed by atoms with Crippen molar-refractivity contribution in [3.63, 3.8) is 0 Å². The normalized spacial score (nSPS) is 21.5. The molecule has 0 spiro atoms. The van der Waals surface area contributed by atoms with Crippen LogP contribution in [0.25, 0.3) is 0 Å². The number of amides is 1. The predicted molar refractivity (Wildman–Crippen MR) is 102 cm³/mol. The molecule has 0 saturated heterocycles. The van der Waals surface area contributed by atoms with Crippen LogP contribution in [0.4, 0.5) is 0 Å². The molecule has 1 fully saturated rings. The molecule has 0 aliphatic heterocycles. The van der Waals surface area contributed by atoms with E-state index in [-0.39, 0.29) is 22.4 Å². The number of esters is 1. The Morgan fingerprint density at radius 1 is 1.15 bits per heavy atom. The van der Waals surface area contributed by atoms with E-state index >= 15 is 0 Å². The third-order valence-corrected chi connectivity index (χ3v) is 6.79. The molecule has 1 saturated carbocycles. The summed E-state index contributed by atoms with van der Waals surface area (Å²) in [6.45, 7) is 3.65. The van der Waals surface area contributed by atoms with Gasteiger partial charge in [0.05, 0.1) is 10.5 Å². The van der Waals surface area contributed by atoms with Gasteiger partial charge in [-0.15, -0.1) is 0 Å². The molecule has 8 heteroatoms. The molecular weight excluding hydrogens is 368 g/mol. The zero-order chi connectivity index (χ0) is 20.2. The summed E-state index contributed by atoms with van der Waals surface area (Å²) in [5.41, 5.74) is 0.193. The van der Waals surface area contributed by atoms with Gasteiger partial charge in [-0.2, -0.15) is 0 Å². The van der Waals surface area contributed by atoms with Gasteiger partial charge in [-0.1, -0.05) is 19.8 Å². The number of benzene rings is 1. The summed E-state index contributed by atoms with van der Waals surface area (Å²) in [7, 11) is -0.689. The highest BCUT2D eigenvalue weighted by molar-refractivity contribution is 7.89. The lowest BCUT2D eigenvalue weighted by atomic mass is 9.86. The number of ether oxygens (including phenoxy) is 1. The molecule has 1 aromatic carbocycles. The second-order valence-electron chi connectivity index (χ2n) is 7.24. The van der Waals surface area contributed by atoms with Crippen molar-refractivity contribution in [3.8, 4) is 0 Å². The van der Waals surface area contributed by atoms with Gasteiger partial charge >= 0.3 is 5.97 Å². The monoisotopic (exact) mass is 396 g/mol. The zero-order valence-corrected chi connectivity index (χ0v) is 17.1. The minimum atomic E-state index is -3.56. The maximum absolute atomic E-state index is 12.3. The number of nitrogens with one attached hydrogen (secondary N) is 1. The molecule has 0 aromatic heterocycles. The standard InChI is InChI=1S/C19H28N2O5S/c1-13-7-5-6-8-17(13)20-18(22)14(2)26-19(23)15-9-11-16(12-10-15)27(24,25)21(3)4/h9-14,17H,5-8H2,1-4H3,(H,20,22)/t13-,14+,17-/m0/s1. The topological polar surface area (TPSA) is 92.8 Å². The first-order valence-electron chi connectivity index (χ1n) is 9.17. The Bertz CT molecular complexity index is 774. The number of sulfonamides is 1. The number of carbonyl (C=O) groups excluding carboxylic acids is 2. The SMILES string of the molecule is C[C@@H](OC(=O)c1ccc(S(=O)(=O)N(C)C)cc1)C(=O)N[C@H]1CCCC[C@@H]1C. The number of hydrogen-bond donors (Lipinski definition) is 1. The molecule has 0 bridgehead atoms. The average molecular weight is 397 g/mol. The van der Waals surface area contributed by atoms with Gasteiger partial charge in [-0.3, -0.25) is 4.79 Å². The first-order valence-corrected chi connectivity index (χ1v) is 10.6. The van der Waals surface area contributed by atoms with Crippen LogP contribution < -0.4 is 5.32 Å². The van der Waals surface area contributed by atoms with E-state index in [1.54, 1.807) is 0 Å². The molecule has 27 heavy (non-hydrogen) atoms. The second-order valence-corrected chi connectivity index (χ2v) is 9.39. The average Bonchev–Trinajstić information content (AvgIpc) is 2.63. The number of hydrogen-bond acceptors (Lipinski definition) is 5. The molecule has 0 radical (unpaired) electrons. The summed E-state index contributed by atoms with van der Waals surface area (Å²) in [6.07, 6.45) is 3.37. The second kappa shape index (κ2) is 8.84. The third-order valence-electron chi connectivity index (χ3n) is 4.96. The van der Waals surface area contributed by atoms with Crippen molar-refractivity contribution in [2.75, 3.05) is 14.1 Å². The Hall–Kier alpha value is -1.93. The van der Waals surface area contributed by atoms with Gasteiger partial charge in [0.2, 0.25) is 10.0 Å². The van der Waals surface area contributed by atoms with Crippen LogP contribution in [0.5, 0.6) is 0 Å². The largest absolute Gasteiger partial charge is 0.449 e. The van der Waals surface area contributed by atoms with Crippen LogP contribution in [0.15, 0.2) is 29.2 Å². The highest BCUT2D eigenvalue weighted by Gasteiger charge is 2.26. The lowest BCUT2D eigenvalue weighted by molar-refractivity contribution is -0.130. The Labute approximate surface area is 161 Å². The van der Waals surface area contributed by atoms with Gasteiger partial charge in [-0.05, 0) is 49.9 Å². The fourth-order valence-electron chi connectivity index (χ4n) is 3.09. The Balaban J connectivity index is 1.96. The summed E-state index contributed by atoms with van der Waals surface area (Å²) in [4.78, 5) is 24.6. The van der Waals surface area contributed by atoms with Crippen molar-refractivity contribution in [2.24, 2.45) is 5.92 Å². The van der Waals surface area contributed by atoms with E-state index in [0.29, 0.717) is 5.92 Å². The van der Waals surface area contributed by atoms with Crippen LogP contribution in [0.1, 0.15) is 49.9 Å². The predicted octanol–water partition coefficient (Wildman–Crippen LogP) is 2.18. The summed E-state index contributed by atoms with van der Waals surface area (Å²) >= 11 is 0. The van der Waals surface area contributed by atoms with E-state index in [1.165, 1.54) is 51.7 Å². The molecule has 1 aliphatic carbocycles. The fourth-order valence-corrected chi connectivity index (χ4v) is 3.99. The molecule has 0 unspecified atom stereocenters. The Morgan fingerprint density at radius 2 is 1.74 bits per heavy atom. The molecule has 2 rings (SSSR count). The Morgan fingerprint density at radius 3 is 2.30 bits per heavy atom. The maximum Gasteiger partial charge on any atom is 0.338 e. The van der Waals surface area contributed by atoms with E-state index in [4.69, 9.17) is 4.74 Å². The highest BCUT2D eigenvalue weighted by atomic mass is 32.2. The van der Waals surface area contributed by atoms with Crippen LogP contribution in [0.2, 0.25) is 0 Å². The molecule has 7 nitrogen and oxygen atoms in total. The first-order chi connectivity index (χ1) is 12.6.